The van der Waals surface area contributed by atoms with Crippen LogP contribution in [0.1, 0.15) is 40.9 Å². The van der Waals surface area contributed by atoms with Crippen LogP contribution >= 0.6 is 0 Å². The van der Waals surface area contributed by atoms with E-state index in [9.17, 15) is 4.79 Å². The van der Waals surface area contributed by atoms with Crippen molar-refractivity contribution in [2.45, 2.75) is 32.2 Å². The van der Waals surface area contributed by atoms with E-state index < -0.39 is 0 Å². The molecule has 2 aliphatic heterocycles. The van der Waals surface area contributed by atoms with Crippen LogP contribution in [0.25, 0.3) is 0 Å². The molecule has 142 valence electrons. The summed E-state index contributed by atoms with van der Waals surface area (Å²) >= 11 is 0. The number of hydrogen-bond donors (Lipinski definition) is 1. The summed E-state index contributed by atoms with van der Waals surface area (Å²) in [6.45, 7) is 3.83. The molecule has 2 aromatic rings. The summed E-state index contributed by atoms with van der Waals surface area (Å²) in [4.78, 5) is 27.4. The zero-order valence-electron chi connectivity index (χ0n) is 15.4. The van der Waals surface area contributed by atoms with Gasteiger partial charge in [-0.15, -0.1) is 0 Å². The number of carbonyl (C=O) groups is 1. The van der Waals surface area contributed by atoms with Gasteiger partial charge in [0, 0.05) is 44.3 Å². The number of fused-ring (bicyclic) bond motifs is 1. The molecule has 0 aliphatic carbocycles. The molecule has 0 radical (unpaired) electrons. The highest BCUT2D eigenvalue weighted by Gasteiger charge is 2.25. The van der Waals surface area contributed by atoms with E-state index in [1.165, 1.54) is 6.42 Å². The van der Waals surface area contributed by atoms with Crippen LogP contribution in [0.4, 0.5) is 5.82 Å². The molecule has 1 fully saturated rings. The lowest BCUT2D eigenvalue weighted by Gasteiger charge is -2.29. The number of ether oxygens (including phenoxy) is 1. The number of carbonyl (C=O) groups excluding carboxylic acids is 1. The lowest BCUT2D eigenvalue weighted by Crippen LogP contribution is -2.37. The highest BCUT2D eigenvalue weighted by Crippen LogP contribution is 2.24. The first-order valence-electron chi connectivity index (χ1n) is 9.65. The van der Waals surface area contributed by atoms with E-state index in [4.69, 9.17) is 4.74 Å². The largest absolute Gasteiger partial charge is 0.381 e. The molecule has 0 saturated carbocycles. The van der Waals surface area contributed by atoms with Gasteiger partial charge < -0.3 is 15.0 Å². The van der Waals surface area contributed by atoms with Gasteiger partial charge in [0.1, 0.15) is 12.1 Å². The van der Waals surface area contributed by atoms with E-state index >= 15 is 0 Å². The molecular formula is C20H25N5O2. The molecule has 0 unspecified atom stereocenters. The first-order chi connectivity index (χ1) is 13.3. The summed E-state index contributed by atoms with van der Waals surface area (Å²) < 4.78 is 5.55. The lowest BCUT2D eigenvalue weighted by atomic mass is 9.98. The predicted molar refractivity (Wildman–Crippen MR) is 101 cm³/mol. The number of hydrogen-bond acceptors (Lipinski definition) is 6. The van der Waals surface area contributed by atoms with Gasteiger partial charge in [0.05, 0.1) is 17.8 Å². The van der Waals surface area contributed by atoms with E-state index in [1.807, 2.05) is 4.90 Å². The minimum atomic E-state index is -0.000769. The van der Waals surface area contributed by atoms with Gasteiger partial charge in [-0.25, -0.2) is 9.97 Å². The van der Waals surface area contributed by atoms with Gasteiger partial charge in [0.15, 0.2) is 0 Å². The molecule has 4 heterocycles. The van der Waals surface area contributed by atoms with Crippen molar-refractivity contribution in [2.75, 3.05) is 31.6 Å². The minimum absolute atomic E-state index is 0.000769. The molecule has 1 atom stereocenters. The lowest BCUT2D eigenvalue weighted by molar-refractivity contribution is 0.0530. The average Bonchev–Trinajstić information content (AvgIpc) is 2.74. The van der Waals surface area contributed by atoms with Crippen LogP contribution in [0.2, 0.25) is 0 Å². The number of nitrogens with one attached hydrogen (secondary N) is 1. The molecule has 27 heavy (non-hydrogen) atoms. The summed E-state index contributed by atoms with van der Waals surface area (Å²) in [6.07, 6.45) is 9.13. The molecular weight excluding hydrogens is 342 g/mol. The Balaban J connectivity index is 1.38. The van der Waals surface area contributed by atoms with Crippen LogP contribution in [0, 0.1) is 5.92 Å². The summed E-state index contributed by atoms with van der Waals surface area (Å²) in [6, 6.07) is 3.58. The summed E-state index contributed by atoms with van der Waals surface area (Å²) in [5.41, 5.74) is 2.67. The smallest absolute Gasteiger partial charge is 0.255 e. The second kappa shape index (κ2) is 8.43. The highest BCUT2D eigenvalue weighted by molar-refractivity contribution is 5.94. The molecule has 1 amide bonds. The van der Waals surface area contributed by atoms with Gasteiger partial charge in [-0.3, -0.25) is 9.78 Å². The Kier molecular flexibility index (Phi) is 5.58. The van der Waals surface area contributed by atoms with Crippen molar-refractivity contribution in [3.8, 4) is 0 Å². The van der Waals surface area contributed by atoms with Crippen LogP contribution < -0.4 is 5.32 Å². The standard InChI is InChI=1S/C20H25N5O2/c26-20(16-4-1-7-21-11-16)25-9-6-17-18(12-25)23-14-24-19(17)22-8-5-15-3-2-10-27-13-15/h1,4,7,11,14-15H,2-3,5-6,8-10,12-13H2,(H,22,23,24)/t15-/m0/s1. The summed E-state index contributed by atoms with van der Waals surface area (Å²) in [5, 5.41) is 3.48. The summed E-state index contributed by atoms with van der Waals surface area (Å²) in [5.74, 6) is 1.54. The van der Waals surface area contributed by atoms with Crippen LogP contribution in [-0.2, 0) is 17.7 Å². The van der Waals surface area contributed by atoms with Gasteiger partial charge in [-0.05, 0) is 43.7 Å². The Labute approximate surface area is 159 Å². The van der Waals surface area contributed by atoms with Gasteiger partial charge in [-0.1, -0.05) is 0 Å². The number of nitrogens with zero attached hydrogens (tertiary/aromatic N) is 4. The number of rotatable bonds is 5. The van der Waals surface area contributed by atoms with Crippen molar-refractivity contribution in [3.63, 3.8) is 0 Å². The quantitative estimate of drug-likeness (QED) is 0.873. The summed E-state index contributed by atoms with van der Waals surface area (Å²) in [7, 11) is 0. The number of pyridine rings is 1. The molecule has 7 heteroatoms. The number of anilines is 1. The Morgan fingerprint density at radius 3 is 3.15 bits per heavy atom. The number of amides is 1. The Hall–Kier alpha value is -2.54. The third-order valence-corrected chi connectivity index (χ3v) is 5.30. The first kappa shape index (κ1) is 17.9. The van der Waals surface area contributed by atoms with E-state index in [-0.39, 0.29) is 5.91 Å². The van der Waals surface area contributed by atoms with Gasteiger partial charge in [0.25, 0.3) is 5.91 Å². The maximum Gasteiger partial charge on any atom is 0.255 e. The fourth-order valence-electron chi connectivity index (χ4n) is 3.78. The molecule has 1 N–H and O–H groups in total. The SMILES string of the molecule is O=C(c1cccnc1)N1CCc2c(ncnc2NCC[C@@H]2CCCOC2)C1. The molecule has 1 saturated heterocycles. The second-order valence-corrected chi connectivity index (χ2v) is 7.16. The molecule has 4 rings (SSSR count). The van der Waals surface area contributed by atoms with Crippen LogP contribution in [0.3, 0.4) is 0 Å². The van der Waals surface area contributed by atoms with Crippen molar-refractivity contribution >= 4 is 11.7 Å². The Morgan fingerprint density at radius 2 is 2.33 bits per heavy atom. The monoisotopic (exact) mass is 367 g/mol. The van der Waals surface area contributed by atoms with E-state index in [0.717, 1.165) is 56.1 Å². The van der Waals surface area contributed by atoms with Crippen molar-refractivity contribution < 1.29 is 9.53 Å². The van der Waals surface area contributed by atoms with Crippen LogP contribution in [-0.4, -0.2) is 52.1 Å². The van der Waals surface area contributed by atoms with Crippen molar-refractivity contribution in [1.29, 1.82) is 0 Å². The van der Waals surface area contributed by atoms with E-state index in [2.05, 4.69) is 20.3 Å². The molecule has 7 nitrogen and oxygen atoms in total. The maximum atomic E-state index is 12.7. The van der Waals surface area contributed by atoms with E-state index in [1.54, 1.807) is 30.9 Å². The van der Waals surface area contributed by atoms with Crippen molar-refractivity contribution in [3.05, 3.63) is 47.7 Å². The van der Waals surface area contributed by atoms with Crippen LogP contribution in [0.15, 0.2) is 30.9 Å². The third-order valence-electron chi connectivity index (χ3n) is 5.30. The van der Waals surface area contributed by atoms with Gasteiger partial charge >= 0.3 is 0 Å². The average molecular weight is 367 g/mol. The number of aromatic nitrogens is 3. The zero-order valence-corrected chi connectivity index (χ0v) is 15.4. The third kappa shape index (κ3) is 4.24. The van der Waals surface area contributed by atoms with Gasteiger partial charge in [0.2, 0.25) is 0 Å². The minimum Gasteiger partial charge on any atom is -0.381 e. The topological polar surface area (TPSA) is 80.2 Å². The Morgan fingerprint density at radius 1 is 1.37 bits per heavy atom. The molecule has 2 aromatic heterocycles. The first-order valence-corrected chi connectivity index (χ1v) is 9.65. The Bertz CT molecular complexity index is 777. The van der Waals surface area contributed by atoms with Crippen molar-refractivity contribution in [2.24, 2.45) is 5.92 Å². The van der Waals surface area contributed by atoms with Crippen LogP contribution in [0.5, 0.6) is 0 Å². The molecule has 0 bridgehead atoms. The fraction of sp³-hybridized carbons (Fsp3) is 0.500. The normalized spacial score (nSPS) is 19.4. The molecule has 0 aromatic carbocycles. The van der Waals surface area contributed by atoms with E-state index in [0.29, 0.717) is 24.6 Å². The maximum absolute atomic E-state index is 12.7. The zero-order chi connectivity index (χ0) is 18.5. The fourth-order valence-corrected chi connectivity index (χ4v) is 3.78. The predicted octanol–water partition coefficient (Wildman–Crippen LogP) is 2.30. The molecule has 0 spiro atoms. The van der Waals surface area contributed by atoms with Gasteiger partial charge in [-0.2, -0.15) is 0 Å². The van der Waals surface area contributed by atoms with Crippen molar-refractivity contribution in [1.82, 2.24) is 19.9 Å². The highest BCUT2D eigenvalue weighted by atomic mass is 16.5. The second-order valence-electron chi connectivity index (χ2n) is 7.16. The molecule has 2 aliphatic rings.